The van der Waals surface area contributed by atoms with Gasteiger partial charge >= 0.3 is 0 Å². The molecule has 0 unspecified atom stereocenters. The summed E-state index contributed by atoms with van der Waals surface area (Å²) in [6, 6.07) is 6.85. The Balaban J connectivity index is 0.000000153. The maximum absolute atomic E-state index is 11.0. The average molecular weight is 232 g/mol. The predicted octanol–water partition coefficient (Wildman–Crippen LogP) is 1.53. The van der Waals surface area contributed by atoms with Crippen LogP contribution in [0.3, 0.4) is 0 Å². The number of carbonyl (C=O) groups excluding carboxylic acids is 2. The predicted molar refractivity (Wildman–Crippen MR) is 66.1 cm³/mol. The van der Waals surface area contributed by atoms with E-state index in [1.807, 2.05) is 0 Å². The lowest BCUT2D eigenvalue weighted by Gasteiger charge is -2.01. The molecule has 1 saturated heterocycles. The molecule has 0 spiro atoms. The SMILES string of the molecule is CN1CCCC1.O=C1Nc2ccccc2C1=O. The molecule has 4 nitrogen and oxygen atoms in total. The summed E-state index contributed by atoms with van der Waals surface area (Å²) in [6.45, 7) is 2.64. The molecule has 17 heavy (non-hydrogen) atoms. The van der Waals surface area contributed by atoms with Crippen LogP contribution >= 0.6 is 0 Å². The Morgan fingerprint density at radius 2 is 1.76 bits per heavy atom. The molecule has 0 aromatic heterocycles. The van der Waals surface area contributed by atoms with Crippen LogP contribution in [0.4, 0.5) is 5.69 Å². The van der Waals surface area contributed by atoms with Crippen LogP contribution in [0.15, 0.2) is 24.3 Å². The van der Waals surface area contributed by atoms with Crippen LogP contribution in [-0.2, 0) is 4.79 Å². The van der Waals surface area contributed by atoms with Crippen molar-refractivity contribution >= 4 is 17.4 Å². The summed E-state index contributed by atoms with van der Waals surface area (Å²) in [7, 11) is 2.17. The lowest BCUT2D eigenvalue weighted by molar-refractivity contribution is -0.112. The van der Waals surface area contributed by atoms with Crippen LogP contribution in [-0.4, -0.2) is 36.7 Å². The minimum Gasteiger partial charge on any atom is -0.318 e. The second-order valence-electron chi connectivity index (χ2n) is 4.34. The Hall–Kier alpha value is -1.68. The van der Waals surface area contributed by atoms with Crippen molar-refractivity contribution in [3.63, 3.8) is 0 Å². The normalized spacial score (nSPS) is 18.4. The number of nitrogens with one attached hydrogen (secondary N) is 1. The molecule has 2 aliphatic rings. The van der Waals surface area contributed by atoms with Crippen molar-refractivity contribution in [3.8, 4) is 0 Å². The van der Waals surface area contributed by atoms with Gasteiger partial charge in [0.1, 0.15) is 0 Å². The van der Waals surface area contributed by atoms with Gasteiger partial charge in [-0.1, -0.05) is 12.1 Å². The third-order valence-electron chi connectivity index (χ3n) is 2.96. The number of likely N-dealkylation sites (tertiary alicyclic amines) is 1. The number of amides is 1. The van der Waals surface area contributed by atoms with Gasteiger partial charge < -0.3 is 10.2 Å². The standard InChI is InChI=1S/C8H5NO2.C5H11N/c10-7-5-3-1-2-4-6(5)9-8(7)11;1-6-4-2-3-5-6/h1-4H,(H,9,10,11);2-5H2,1H3. The Labute approximate surface area is 101 Å². The summed E-state index contributed by atoms with van der Waals surface area (Å²) in [4.78, 5) is 24.1. The van der Waals surface area contributed by atoms with E-state index in [9.17, 15) is 9.59 Å². The quantitative estimate of drug-likeness (QED) is 0.690. The number of anilines is 1. The highest BCUT2D eigenvalue weighted by Gasteiger charge is 2.26. The number of nitrogens with zero attached hydrogens (tertiary/aromatic N) is 1. The molecule has 0 aliphatic carbocycles. The zero-order valence-electron chi connectivity index (χ0n) is 9.90. The van der Waals surface area contributed by atoms with Crippen molar-refractivity contribution in [3.05, 3.63) is 29.8 Å². The highest BCUT2D eigenvalue weighted by Crippen LogP contribution is 2.21. The molecule has 1 N–H and O–H groups in total. The smallest absolute Gasteiger partial charge is 0.296 e. The molecule has 0 radical (unpaired) electrons. The average Bonchev–Trinajstić information content (AvgIpc) is 2.90. The summed E-state index contributed by atoms with van der Waals surface area (Å²) < 4.78 is 0. The molecule has 0 saturated carbocycles. The van der Waals surface area contributed by atoms with Crippen molar-refractivity contribution in [1.29, 1.82) is 0 Å². The van der Waals surface area contributed by atoms with E-state index in [-0.39, 0.29) is 0 Å². The minimum atomic E-state index is -0.536. The van der Waals surface area contributed by atoms with Gasteiger partial charge in [0.2, 0.25) is 0 Å². The lowest BCUT2D eigenvalue weighted by atomic mass is 10.1. The van der Waals surface area contributed by atoms with E-state index in [1.165, 1.54) is 25.9 Å². The van der Waals surface area contributed by atoms with Crippen LogP contribution in [0.1, 0.15) is 23.2 Å². The summed E-state index contributed by atoms with van der Waals surface area (Å²) in [6.07, 6.45) is 2.83. The van der Waals surface area contributed by atoms with E-state index in [4.69, 9.17) is 0 Å². The number of hydrogen-bond acceptors (Lipinski definition) is 3. The molecule has 2 aliphatic heterocycles. The summed E-state index contributed by atoms with van der Waals surface area (Å²) in [5, 5.41) is 2.46. The van der Waals surface area contributed by atoms with Crippen LogP contribution in [0.5, 0.6) is 0 Å². The maximum atomic E-state index is 11.0. The van der Waals surface area contributed by atoms with Crippen molar-refractivity contribution in [1.82, 2.24) is 4.90 Å². The van der Waals surface area contributed by atoms with Crippen LogP contribution in [0.2, 0.25) is 0 Å². The van der Waals surface area contributed by atoms with E-state index in [2.05, 4.69) is 17.3 Å². The fraction of sp³-hybridized carbons (Fsp3) is 0.385. The molecule has 90 valence electrons. The first-order chi connectivity index (χ1) is 8.18. The van der Waals surface area contributed by atoms with E-state index in [0.29, 0.717) is 11.3 Å². The fourth-order valence-electron chi connectivity index (χ4n) is 1.97. The lowest BCUT2D eigenvalue weighted by Crippen LogP contribution is -2.12. The monoisotopic (exact) mass is 232 g/mol. The topological polar surface area (TPSA) is 49.4 Å². The third kappa shape index (κ3) is 2.71. The zero-order valence-corrected chi connectivity index (χ0v) is 9.90. The largest absolute Gasteiger partial charge is 0.318 e. The van der Waals surface area contributed by atoms with Gasteiger partial charge in [0.25, 0.3) is 11.7 Å². The number of ketones is 1. The van der Waals surface area contributed by atoms with E-state index in [0.717, 1.165) is 0 Å². The second-order valence-corrected chi connectivity index (χ2v) is 4.34. The highest BCUT2D eigenvalue weighted by molar-refractivity contribution is 6.51. The maximum Gasteiger partial charge on any atom is 0.296 e. The number of rotatable bonds is 0. The molecular formula is C13H16N2O2. The molecule has 1 aromatic carbocycles. The zero-order chi connectivity index (χ0) is 12.3. The first kappa shape index (κ1) is 11.8. The van der Waals surface area contributed by atoms with Crippen LogP contribution in [0, 0.1) is 0 Å². The van der Waals surface area contributed by atoms with Crippen molar-refractivity contribution in [2.75, 3.05) is 25.5 Å². The van der Waals surface area contributed by atoms with Gasteiger partial charge in [-0.15, -0.1) is 0 Å². The van der Waals surface area contributed by atoms with Gasteiger partial charge in [-0.05, 0) is 45.1 Å². The van der Waals surface area contributed by atoms with E-state index in [1.54, 1.807) is 24.3 Å². The third-order valence-corrected chi connectivity index (χ3v) is 2.96. The summed E-state index contributed by atoms with van der Waals surface area (Å²) >= 11 is 0. The Morgan fingerprint density at radius 1 is 1.12 bits per heavy atom. The highest BCUT2D eigenvalue weighted by atomic mass is 16.2. The minimum absolute atomic E-state index is 0.444. The number of Topliss-reactive ketones (excluding diaryl/α,β-unsaturated/α-hetero) is 1. The number of para-hydroxylation sites is 1. The molecule has 1 aromatic rings. The molecular weight excluding hydrogens is 216 g/mol. The van der Waals surface area contributed by atoms with Gasteiger partial charge in [0.15, 0.2) is 0 Å². The Morgan fingerprint density at radius 3 is 2.29 bits per heavy atom. The first-order valence-electron chi connectivity index (χ1n) is 5.82. The molecule has 3 rings (SSSR count). The number of benzene rings is 1. The van der Waals surface area contributed by atoms with E-state index < -0.39 is 11.7 Å². The van der Waals surface area contributed by atoms with Gasteiger partial charge in [-0.25, -0.2) is 0 Å². The van der Waals surface area contributed by atoms with Crippen LogP contribution in [0.25, 0.3) is 0 Å². The molecule has 0 atom stereocenters. The van der Waals surface area contributed by atoms with Gasteiger partial charge in [0.05, 0.1) is 11.3 Å². The van der Waals surface area contributed by atoms with Crippen molar-refractivity contribution in [2.24, 2.45) is 0 Å². The number of fused-ring (bicyclic) bond motifs is 1. The van der Waals surface area contributed by atoms with Gasteiger partial charge in [-0.3, -0.25) is 9.59 Å². The molecule has 0 bridgehead atoms. The fourth-order valence-corrected chi connectivity index (χ4v) is 1.97. The number of hydrogen-bond donors (Lipinski definition) is 1. The summed E-state index contributed by atoms with van der Waals surface area (Å²) in [5.74, 6) is -0.980. The molecule has 2 heterocycles. The Kier molecular flexibility index (Phi) is 3.54. The molecule has 1 amide bonds. The van der Waals surface area contributed by atoms with Gasteiger partial charge in [0, 0.05) is 0 Å². The summed E-state index contributed by atoms with van der Waals surface area (Å²) in [5.41, 5.74) is 1.08. The van der Waals surface area contributed by atoms with E-state index >= 15 is 0 Å². The van der Waals surface area contributed by atoms with Crippen molar-refractivity contribution < 1.29 is 9.59 Å². The van der Waals surface area contributed by atoms with Gasteiger partial charge in [-0.2, -0.15) is 0 Å². The van der Waals surface area contributed by atoms with Crippen LogP contribution < -0.4 is 5.32 Å². The second kappa shape index (κ2) is 5.10. The molecule has 1 fully saturated rings. The first-order valence-corrected chi connectivity index (χ1v) is 5.82. The van der Waals surface area contributed by atoms with Crippen molar-refractivity contribution in [2.45, 2.75) is 12.8 Å². The Bertz CT molecular complexity index is 437. The molecule has 4 heteroatoms. The number of carbonyl (C=O) groups is 2.